The van der Waals surface area contributed by atoms with Gasteiger partial charge in [-0.1, -0.05) is 18.2 Å². The van der Waals surface area contributed by atoms with Crippen LogP contribution in [-0.2, 0) is 4.79 Å². The number of azo groups is 1. The first kappa shape index (κ1) is 15.1. The minimum atomic E-state index is -0.111. The van der Waals surface area contributed by atoms with Gasteiger partial charge in [-0.15, -0.1) is 0 Å². The average Bonchev–Trinajstić information content (AvgIpc) is 3.14. The quantitative estimate of drug-likeness (QED) is 0.944. The molecule has 1 N–H and O–H groups in total. The number of rotatable bonds is 3. The van der Waals surface area contributed by atoms with Gasteiger partial charge in [-0.3, -0.25) is 9.78 Å². The Hall–Kier alpha value is -2.50. The smallest absolute Gasteiger partial charge is 0.224 e. The number of pyridine rings is 1. The van der Waals surface area contributed by atoms with E-state index in [0.29, 0.717) is 0 Å². The fraction of sp³-hybridized carbons (Fsp3) is 0.444. The van der Waals surface area contributed by atoms with E-state index in [1.807, 2.05) is 24.4 Å². The number of carbonyl (C=O) groups is 1. The number of para-hydroxylation sites is 1. The van der Waals surface area contributed by atoms with Gasteiger partial charge in [-0.25, -0.2) is 0 Å². The molecule has 0 aliphatic carbocycles. The van der Waals surface area contributed by atoms with Crippen LogP contribution in [0.3, 0.4) is 0 Å². The number of fused-ring (bicyclic) bond motifs is 1. The number of hydrogen-bond acceptors (Lipinski definition) is 5. The van der Waals surface area contributed by atoms with Gasteiger partial charge in [-0.2, -0.15) is 10.2 Å². The number of hydrogen-bond donors (Lipinski definition) is 1. The second-order valence-corrected chi connectivity index (χ2v) is 6.44. The Balaban J connectivity index is 1.38. The third kappa shape index (κ3) is 3.09. The van der Waals surface area contributed by atoms with E-state index in [1.54, 1.807) is 0 Å². The lowest BCUT2D eigenvalue weighted by molar-refractivity contribution is -0.126. The largest absolute Gasteiger partial charge is 0.370 e. The van der Waals surface area contributed by atoms with Gasteiger partial charge < -0.3 is 10.2 Å². The van der Waals surface area contributed by atoms with Gasteiger partial charge in [-0.05, 0) is 25.0 Å². The number of anilines is 1. The van der Waals surface area contributed by atoms with Gasteiger partial charge >= 0.3 is 0 Å². The summed E-state index contributed by atoms with van der Waals surface area (Å²) in [4.78, 5) is 19.2. The topological polar surface area (TPSA) is 70.0 Å². The van der Waals surface area contributed by atoms with Crippen LogP contribution in [0.15, 0.2) is 46.8 Å². The first-order valence-corrected chi connectivity index (χ1v) is 8.56. The maximum Gasteiger partial charge on any atom is 0.224 e. The summed E-state index contributed by atoms with van der Waals surface area (Å²) in [7, 11) is 0. The molecule has 6 heteroatoms. The van der Waals surface area contributed by atoms with Crippen LogP contribution in [0.4, 0.5) is 5.69 Å². The molecule has 1 aromatic heterocycles. The first-order valence-electron chi connectivity index (χ1n) is 8.56. The number of nitrogens with zero attached hydrogens (tertiary/aromatic N) is 4. The molecule has 24 heavy (non-hydrogen) atoms. The highest BCUT2D eigenvalue weighted by Crippen LogP contribution is 2.25. The van der Waals surface area contributed by atoms with Gasteiger partial charge in [0, 0.05) is 30.8 Å². The van der Waals surface area contributed by atoms with E-state index < -0.39 is 0 Å². The van der Waals surface area contributed by atoms with Crippen LogP contribution in [0.2, 0.25) is 0 Å². The van der Waals surface area contributed by atoms with Crippen molar-refractivity contribution in [2.24, 2.45) is 16.1 Å². The summed E-state index contributed by atoms with van der Waals surface area (Å²) in [5, 5.41) is 12.1. The maximum absolute atomic E-state index is 12.3. The van der Waals surface area contributed by atoms with Crippen LogP contribution < -0.4 is 10.2 Å². The number of piperidine rings is 1. The normalized spacial score (nSPS) is 21.3. The number of carbonyl (C=O) groups excluding carboxylic acids is 1. The Morgan fingerprint density at radius 2 is 2.00 bits per heavy atom. The molecule has 1 fully saturated rings. The molecule has 2 aromatic rings. The molecule has 1 atom stereocenters. The van der Waals surface area contributed by atoms with Crippen LogP contribution in [0.1, 0.15) is 19.3 Å². The highest BCUT2D eigenvalue weighted by molar-refractivity contribution is 5.82. The van der Waals surface area contributed by atoms with Crippen LogP contribution in [0.5, 0.6) is 0 Å². The molecule has 1 unspecified atom stereocenters. The Kier molecular flexibility index (Phi) is 4.11. The van der Waals surface area contributed by atoms with E-state index >= 15 is 0 Å². The Morgan fingerprint density at radius 1 is 1.17 bits per heavy atom. The van der Waals surface area contributed by atoms with E-state index in [2.05, 4.69) is 37.6 Å². The van der Waals surface area contributed by atoms with Crippen LogP contribution in [0.25, 0.3) is 10.9 Å². The van der Waals surface area contributed by atoms with E-state index in [4.69, 9.17) is 0 Å². The molecule has 0 radical (unpaired) electrons. The number of benzene rings is 1. The molecule has 2 aliphatic heterocycles. The lowest BCUT2D eigenvalue weighted by Crippen LogP contribution is -2.43. The molecule has 3 heterocycles. The molecule has 2 aliphatic rings. The summed E-state index contributed by atoms with van der Waals surface area (Å²) in [5.74, 6) is 0.197. The zero-order chi connectivity index (χ0) is 16.4. The Morgan fingerprint density at radius 3 is 2.79 bits per heavy atom. The standard InChI is InChI=1S/C18H21N5O/c24-18(21-17-5-8-20-22-17)13-6-9-23(10-7-13)15-11-14-3-1-2-4-16(14)19-12-15/h1-4,11-13,17H,5-10H2,(H,21,24). The third-order valence-electron chi connectivity index (χ3n) is 4.84. The van der Waals surface area contributed by atoms with Crippen LogP contribution >= 0.6 is 0 Å². The van der Waals surface area contributed by atoms with Gasteiger partial charge in [0.05, 0.1) is 23.9 Å². The SMILES string of the molecule is O=C(NC1CCN=N1)C1CCN(c2cnc3ccccc3c2)CC1. The third-order valence-corrected chi connectivity index (χ3v) is 4.84. The van der Waals surface area contributed by atoms with Gasteiger partial charge in [0.25, 0.3) is 0 Å². The van der Waals surface area contributed by atoms with E-state index in [0.717, 1.165) is 55.5 Å². The second kappa shape index (κ2) is 6.55. The summed E-state index contributed by atoms with van der Waals surface area (Å²) >= 11 is 0. The van der Waals surface area contributed by atoms with Gasteiger partial charge in [0.15, 0.2) is 0 Å². The first-order chi connectivity index (χ1) is 11.8. The highest BCUT2D eigenvalue weighted by Gasteiger charge is 2.27. The van der Waals surface area contributed by atoms with Crippen molar-refractivity contribution in [1.29, 1.82) is 0 Å². The molecule has 4 rings (SSSR count). The molecule has 0 spiro atoms. The molecule has 0 bridgehead atoms. The zero-order valence-corrected chi connectivity index (χ0v) is 13.6. The van der Waals surface area contributed by atoms with E-state index in [1.165, 1.54) is 0 Å². The monoisotopic (exact) mass is 323 g/mol. The number of aromatic nitrogens is 1. The molecule has 124 valence electrons. The fourth-order valence-electron chi connectivity index (χ4n) is 3.41. The molecule has 1 amide bonds. The average molecular weight is 323 g/mol. The summed E-state index contributed by atoms with van der Waals surface area (Å²) in [5.41, 5.74) is 2.15. The molecule has 6 nitrogen and oxygen atoms in total. The van der Waals surface area contributed by atoms with Crippen molar-refractivity contribution in [3.63, 3.8) is 0 Å². The molecular formula is C18H21N5O. The summed E-state index contributed by atoms with van der Waals surface area (Å²) in [6.07, 6.45) is 4.38. The minimum absolute atomic E-state index is 0.0745. The molecule has 1 aromatic carbocycles. The molecule has 1 saturated heterocycles. The summed E-state index contributed by atoms with van der Waals surface area (Å²) in [6.45, 7) is 2.48. The van der Waals surface area contributed by atoms with Crippen LogP contribution in [0, 0.1) is 5.92 Å². The predicted octanol–water partition coefficient (Wildman–Crippen LogP) is 2.75. The van der Waals surface area contributed by atoms with E-state index in [9.17, 15) is 4.79 Å². The number of nitrogens with one attached hydrogen (secondary N) is 1. The van der Waals surface area contributed by atoms with Gasteiger partial charge in [0.1, 0.15) is 6.17 Å². The van der Waals surface area contributed by atoms with Crippen LogP contribution in [-0.4, -0.2) is 36.7 Å². The molecule has 0 saturated carbocycles. The van der Waals surface area contributed by atoms with E-state index in [-0.39, 0.29) is 18.0 Å². The lowest BCUT2D eigenvalue weighted by atomic mass is 9.95. The van der Waals surface area contributed by atoms with Crippen molar-refractivity contribution in [2.45, 2.75) is 25.4 Å². The second-order valence-electron chi connectivity index (χ2n) is 6.44. The Bertz CT molecular complexity index is 767. The van der Waals surface area contributed by atoms with Crippen molar-refractivity contribution in [3.05, 3.63) is 36.5 Å². The predicted molar refractivity (Wildman–Crippen MR) is 93.0 cm³/mol. The zero-order valence-electron chi connectivity index (χ0n) is 13.6. The summed E-state index contributed by atoms with van der Waals surface area (Å²) in [6, 6.07) is 10.3. The number of amides is 1. The fourth-order valence-corrected chi connectivity index (χ4v) is 3.41. The van der Waals surface area contributed by atoms with Gasteiger partial charge in [0.2, 0.25) is 5.91 Å². The lowest BCUT2D eigenvalue weighted by Gasteiger charge is -2.33. The summed E-state index contributed by atoms with van der Waals surface area (Å²) < 4.78 is 0. The van der Waals surface area contributed by atoms with Crippen molar-refractivity contribution in [3.8, 4) is 0 Å². The maximum atomic E-state index is 12.3. The van der Waals surface area contributed by atoms with Crippen molar-refractivity contribution in [1.82, 2.24) is 10.3 Å². The molecular weight excluding hydrogens is 302 g/mol. The van der Waals surface area contributed by atoms with Crippen molar-refractivity contribution < 1.29 is 4.79 Å². The van der Waals surface area contributed by atoms with Crippen molar-refractivity contribution in [2.75, 3.05) is 24.5 Å². The highest BCUT2D eigenvalue weighted by atomic mass is 16.2. The minimum Gasteiger partial charge on any atom is -0.370 e. The Labute approximate surface area is 141 Å². The van der Waals surface area contributed by atoms with Crippen molar-refractivity contribution >= 4 is 22.5 Å².